The van der Waals surface area contributed by atoms with Crippen LogP contribution in [0.15, 0.2) is 28.7 Å². The fourth-order valence-corrected chi connectivity index (χ4v) is 3.34. The van der Waals surface area contributed by atoms with Crippen molar-refractivity contribution in [1.82, 2.24) is 5.32 Å². The van der Waals surface area contributed by atoms with E-state index < -0.39 is 5.60 Å². The van der Waals surface area contributed by atoms with Gasteiger partial charge in [0, 0.05) is 11.0 Å². The van der Waals surface area contributed by atoms with Crippen LogP contribution in [-0.2, 0) is 4.79 Å². The van der Waals surface area contributed by atoms with E-state index in [1.165, 1.54) is 0 Å². The first-order valence-corrected chi connectivity index (χ1v) is 8.46. The lowest BCUT2D eigenvalue weighted by molar-refractivity contribution is -0.124. The van der Waals surface area contributed by atoms with Crippen molar-refractivity contribution < 1.29 is 9.90 Å². The number of halogens is 1. The molecule has 2 N–H and O–H groups in total. The molecule has 0 spiro atoms. The second kappa shape index (κ2) is 6.93. The van der Waals surface area contributed by atoms with Crippen molar-refractivity contribution in [2.45, 2.75) is 51.0 Å². The molecule has 0 bridgehead atoms. The van der Waals surface area contributed by atoms with E-state index in [0.717, 1.165) is 35.7 Å². The van der Waals surface area contributed by atoms with Gasteiger partial charge >= 0.3 is 0 Å². The van der Waals surface area contributed by atoms with Gasteiger partial charge in [-0.15, -0.1) is 0 Å². The van der Waals surface area contributed by atoms with Crippen LogP contribution in [0.3, 0.4) is 0 Å². The fourth-order valence-electron chi connectivity index (χ4n) is 3.08. The molecule has 4 heteroatoms. The van der Waals surface area contributed by atoms with Crippen molar-refractivity contribution in [2.75, 3.05) is 6.54 Å². The topological polar surface area (TPSA) is 49.3 Å². The molecule has 1 fully saturated rings. The molecule has 1 amide bonds. The highest BCUT2D eigenvalue weighted by Gasteiger charge is 2.33. The van der Waals surface area contributed by atoms with Crippen LogP contribution in [0.2, 0.25) is 0 Å². The van der Waals surface area contributed by atoms with Crippen LogP contribution in [0.25, 0.3) is 0 Å². The van der Waals surface area contributed by atoms with Crippen LogP contribution < -0.4 is 5.32 Å². The van der Waals surface area contributed by atoms with E-state index in [0.29, 0.717) is 6.54 Å². The Morgan fingerprint density at radius 1 is 1.29 bits per heavy atom. The summed E-state index contributed by atoms with van der Waals surface area (Å²) in [5.74, 6) is 0.0418. The summed E-state index contributed by atoms with van der Waals surface area (Å²) in [6.07, 6.45) is 3.68. The molecule has 0 radical (unpaired) electrons. The second-order valence-corrected chi connectivity index (χ2v) is 7.34. The van der Waals surface area contributed by atoms with E-state index in [1.54, 1.807) is 0 Å². The maximum absolute atomic E-state index is 12.5. The molecular formula is C17H24BrNO2. The van der Waals surface area contributed by atoms with Crippen LogP contribution in [0.5, 0.6) is 0 Å². The highest BCUT2D eigenvalue weighted by atomic mass is 79.9. The van der Waals surface area contributed by atoms with Gasteiger partial charge in [-0.1, -0.05) is 54.8 Å². The minimum absolute atomic E-state index is 0.00708. The van der Waals surface area contributed by atoms with Crippen LogP contribution in [0.4, 0.5) is 0 Å². The Hall–Kier alpha value is -0.870. The number of carbonyl (C=O) groups excluding carboxylic acids is 1. The Bertz CT molecular complexity index is 478. The predicted molar refractivity (Wildman–Crippen MR) is 88.1 cm³/mol. The first kappa shape index (κ1) is 16.5. The first-order chi connectivity index (χ1) is 9.91. The van der Waals surface area contributed by atoms with Gasteiger partial charge in [-0.3, -0.25) is 4.79 Å². The highest BCUT2D eigenvalue weighted by molar-refractivity contribution is 9.10. The molecule has 0 aromatic heterocycles. The first-order valence-electron chi connectivity index (χ1n) is 7.67. The monoisotopic (exact) mass is 353 g/mol. The average molecular weight is 354 g/mol. The van der Waals surface area contributed by atoms with Crippen molar-refractivity contribution in [2.24, 2.45) is 5.92 Å². The molecule has 2 rings (SSSR count). The van der Waals surface area contributed by atoms with Gasteiger partial charge in [0.05, 0.1) is 11.5 Å². The molecule has 3 nitrogen and oxygen atoms in total. The van der Waals surface area contributed by atoms with Crippen molar-refractivity contribution >= 4 is 21.8 Å². The SMILES string of the molecule is CC(C)C(C(=O)NCC1(O)CCCC1)c1ccc(Br)cc1. The van der Waals surface area contributed by atoms with Crippen molar-refractivity contribution in [3.05, 3.63) is 34.3 Å². The lowest BCUT2D eigenvalue weighted by atomic mass is 9.87. The smallest absolute Gasteiger partial charge is 0.227 e. The van der Waals surface area contributed by atoms with Crippen molar-refractivity contribution in [1.29, 1.82) is 0 Å². The molecule has 0 heterocycles. The predicted octanol–water partition coefficient (Wildman–Crippen LogP) is 3.61. The quantitative estimate of drug-likeness (QED) is 0.849. The Balaban J connectivity index is 2.04. The summed E-state index contributed by atoms with van der Waals surface area (Å²) in [4.78, 5) is 12.5. The van der Waals surface area contributed by atoms with E-state index in [1.807, 2.05) is 24.3 Å². The maximum Gasteiger partial charge on any atom is 0.227 e. The standard InChI is InChI=1S/C17H24BrNO2/c1-12(2)15(13-5-7-14(18)8-6-13)16(20)19-11-17(21)9-3-4-10-17/h5-8,12,15,21H,3-4,9-11H2,1-2H3,(H,19,20). The zero-order chi connectivity index (χ0) is 15.5. The van der Waals surface area contributed by atoms with Crippen LogP contribution in [0, 0.1) is 5.92 Å². The zero-order valence-electron chi connectivity index (χ0n) is 12.7. The van der Waals surface area contributed by atoms with Gasteiger partial charge in [0.1, 0.15) is 0 Å². The summed E-state index contributed by atoms with van der Waals surface area (Å²) in [5, 5.41) is 13.3. The lowest BCUT2D eigenvalue weighted by Crippen LogP contribution is -2.43. The molecule has 1 unspecified atom stereocenters. The van der Waals surface area contributed by atoms with Gasteiger partial charge in [-0.05, 0) is 36.5 Å². The zero-order valence-corrected chi connectivity index (χ0v) is 14.3. The number of benzene rings is 1. The average Bonchev–Trinajstić information content (AvgIpc) is 2.86. The van der Waals surface area contributed by atoms with E-state index in [2.05, 4.69) is 35.1 Å². The molecule has 1 saturated carbocycles. The summed E-state index contributed by atoms with van der Waals surface area (Å²) in [6, 6.07) is 7.89. The van der Waals surface area contributed by atoms with Gasteiger partial charge in [0.25, 0.3) is 0 Å². The molecule has 1 aromatic rings. The number of hydrogen-bond acceptors (Lipinski definition) is 2. The summed E-state index contributed by atoms with van der Waals surface area (Å²) in [5.41, 5.74) is 0.320. The van der Waals surface area contributed by atoms with Crippen LogP contribution in [-0.4, -0.2) is 23.2 Å². The minimum Gasteiger partial charge on any atom is -0.388 e. The molecule has 0 aliphatic heterocycles. The Morgan fingerprint density at radius 2 is 1.86 bits per heavy atom. The van der Waals surface area contributed by atoms with Gasteiger partial charge in [-0.2, -0.15) is 0 Å². The number of rotatable bonds is 5. The number of aliphatic hydroxyl groups is 1. The summed E-state index contributed by atoms with van der Waals surface area (Å²) in [7, 11) is 0. The number of carbonyl (C=O) groups is 1. The van der Waals surface area contributed by atoms with Crippen LogP contribution >= 0.6 is 15.9 Å². The molecule has 1 aliphatic carbocycles. The third-order valence-electron chi connectivity index (χ3n) is 4.30. The molecule has 21 heavy (non-hydrogen) atoms. The third kappa shape index (κ3) is 4.30. The highest BCUT2D eigenvalue weighted by Crippen LogP contribution is 2.30. The molecule has 116 valence electrons. The minimum atomic E-state index is -0.698. The van der Waals surface area contributed by atoms with Gasteiger partial charge < -0.3 is 10.4 Å². The second-order valence-electron chi connectivity index (χ2n) is 6.42. The molecular weight excluding hydrogens is 330 g/mol. The van der Waals surface area contributed by atoms with E-state index >= 15 is 0 Å². The fraction of sp³-hybridized carbons (Fsp3) is 0.588. The molecule has 0 saturated heterocycles. The maximum atomic E-state index is 12.5. The molecule has 1 aromatic carbocycles. The Morgan fingerprint density at radius 3 is 2.38 bits per heavy atom. The van der Waals surface area contributed by atoms with Gasteiger partial charge in [0.2, 0.25) is 5.91 Å². The molecule has 1 atom stereocenters. The van der Waals surface area contributed by atoms with Gasteiger partial charge in [-0.25, -0.2) is 0 Å². The Labute approximate surface area is 135 Å². The molecule has 1 aliphatic rings. The largest absolute Gasteiger partial charge is 0.388 e. The summed E-state index contributed by atoms with van der Waals surface area (Å²) in [6.45, 7) is 4.47. The lowest BCUT2D eigenvalue weighted by Gasteiger charge is -2.26. The van der Waals surface area contributed by atoms with Crippen molar-refractivity contribution in [3.63, 3.8) is 0 Å². The number of nitrogens with one attached hydrogen (secondary N) is 1. The summed E-state index contributed by atoms with van der Waals surface area (Å²) < 4.78 is 1.01. The van der Waals surface area contributed by atoms with Crippen LogP contribution in [0.1, 0.15) is 51.0 Å². The number of hydrogen-bond donors (Lipinski definition) is 2. The van der Waals surface area contributed by atoms with E-state index in [4.69, 9.17) is 0 Å². The van der Waals surface area contributed by atoms with E-state index in [9.17, 15) is 9.90 Å². The summed E-state index contributed by atoms with van der Waals surface area (Å²) >= 11 is 3.42. The Kier molecular flexibility index (Phi) is 5.44. The number of amides is 1. The van der Waals surface area contributed by atoms with Gasteiger partial charge in [0.15, 0.2) is 0 Å². The third-order valence-corrected chi connectivity index (χ3v) is 4.83. The van der Waals surface area contributed by atoms with E-state index in [-0.39, 0.29) is 17.7 Å². The van der Waals surface area contributed by atoms with Crippen molar-refractivity contribution in [3.8, 4) is 0 Å². The normalized spacial score (nSPS) is 18.7.